The number of nitrogens with zero attached hydrogens (tertiary/aromatic N) is 1. The van der Waals surface area contributed by atoms with Crippen LogP contribution in [-0.4, -0.2) is 53.8 Å². The maximum absolute atomic E-state index is 11.5. The molecular formula is C12H22N2O4. The summed E-state index contributed by atoms with van der Waals surface area (Å²) in [5, 5.41) is 10.7. The second kappa shape index (κ2) is 7.20. The Hall–Kier alpha value is -1.30. The van der Waals surface area contributed by atoms with E-state index in [1.807, 2.05) is 4.90 Å². The lowest BCUT2D eigenvalue weighted by Crippen LogP contribution is -2.47. The topological polar surface area (TPSA) is 78.9 Å². The average molecular weight is 258 g/mol. The lowest BCUT2D eigenvalue weighted by atomic mass is 10.0. The summed E-state index contributed by atoms with van der Waals surface area (Å²) in [6, 6.07) is 0.710. The molecule has 0 radical (unpaired) electrons. The maximum atomic E-state index is 11.5. The number of hydrogen-bond donors (Lipinski definition) is 2. The molecule has 0 aromatic rings. The van der Waals surface area contributed by atoms with Gasteiger partial charge in [-0.3, -0.25) is 9.69 Å². The summed E-state index contributed by atoms with van der Waals surface area (Å²) in [6.45, 7) is 5.82. The van der Waals surface area contributed by atoms with Crippen LogP contribution in [0.25, 0.3) is 0 Å². The number of hydrogen-bond acceptors (Lipinski definition) is 4. The van der Waals surface area contributed by atoms with Crippen molar-refractivity contribution in [3.63, 3.8) is 0 Å². The fraction of sp³-hybridized carbons (Fsp3) is 0.833. The predicted molar refractivity (Wildman–Crippen MR) is 66.5 cm³/mol. The van der Waals surface area contributed by atoms with E-state index >= 15 is 0 Å². The Morgan fingerprint density at radius 3 is 2.56 bits per heavy atom. The maximum Gasteiger partial charge on any atom is 0.410 e. The van der Waals surface area contributed by atoms with Crippen LogP contribution in [0.3, 0.4) is 0 Å². The van der Waals surface area contributed by atoms with Gasteiger partial charge in [0.25, 0.3) is 5.97 Å². The van der Waals surface area contributed by atoms with Gasteiger partial charge in [0.1, 0.15) is 6.61 Å². The van der Waals surface area contributed by atoms with Crippen molar-refractivity contribution in [2.75, 3.05) is 19.7 Å². The lowest BCUT2D eigenvalue weighted by molar-refractivity contribution is -0.134. The van der Waals surface area contributed by atoms with Gasteiger partial charge < -0.3 is 15.2 Å². The SMILES string of the molecule is CC(=O)O.CC[C@@H]1COC(=O)N1C1CCNCC1. The molecule has 2 N–H and O–H groups in total. The van der Waals surface area contributed by atoms with Gasteiger partial charge in [0.2, 0.25) is 0 Å². The van der Waals surface area contributed by atoms with Crippen molar-refractivity contribution in [2.45, 2.75) is 45.2 Å². The Kier molecular flexibility index (Phi) is 5.91. The summed E-state index contributed by atoms with van der Waals surface area (Å²) in [4.78, 5) is 22.5. The van der Waals surface area contributed by atoms with Crippen LogP contribution in [0, 0.1) is 0 Å². The van der Waals surface area contributed by atoms with Crippen LogP contribution in [0.15, 0.2) is 0 Å². The van der Waals surface area contributed by atoms with E-state index in [2.05, 4.69) is 12.2 Å². The van der Waals surface area contributed by atoms with E-state index in [4.69, 9.17) is 14.6 Å². The molecule has 6 nitrogen and oxygen atoms in total. The molecule has 2 aliphatic rings. The number of nitrogens with one attached hydrogen (secondary N) is 1. The molecule has 0 bridgehead atoms. The molecule has 1 amide bonds. The van der Waals surface area contributed by atoms with Crippen LogP contribution in [-0.2, 0) is 9.53 Å². The van der Waals surface area contributed by atoms with E-state index in [1.54, 1.807) is 0 Å². The van der Waals surface area contributed by atoms with Gasteiger partial charge in [-0.05, 0) is 32.4 Å². The third kappa shape index (κ3) is 4.18. The minimum Gasteiger partial charge on any atom is -0.481 e. The van der Waals surface area contributed by atoms with Crippen molar-refractivity contribution in [1.82, 2.24) is 10.2 Å². The molecule has 2 saturated heterocycles. The second-order valence-electron chi connectivity index (χ2n) is 4.55. The molecule has 0 aromatic heterocycles. The number of rotatable bonds is 2. The number of ether oxygens (including phenoxy) is 1. The Bertz CT molecular complexity index is 286. The van der Waals surface area contributed by atoms with Gasteiger partial charge in [-0.2, -0.15) is 0 Å². The fourth-order valence-electron chi connectivity index (χ4n) is 2.32. The normalized spacial score (nSPS) is 24.2. The number of cyclic esters (lactones) is 1. The van der Waals surface area contributed by atoms with Gasteiger partial charge in [-0.25, -0.2) is 4.79 Å². The van der Waals surface area contributed by atoms with E-state index in [9.17, 15) is 4.79 Å². The molecule has 0 unspecified atom stereocenters. The first kappa shape index (κ1) is 14.8. The van der Waals surface area contributed by atoms with E-state index in [1.165, 1.54) is 0 Å². The molecule has 104 valence electrons. The summed E-state index contributed by atoms with van der Waals surface area (Å²) >= 11 is 0. The van der Waals surface area contributed by atoms with Gasteiger partial charge in [0.05, 0.1) is 6.04 Å². The quantitative estimate of drug-likeness (QED) is 0.774. The molecule has 0 aliphatic carbocycles. The number of carbonyl (C=O) groups is 2. The minimum absolute atomic E-state index is 0.108. The van der Waals surface area contributed by atoms with Crippen molar-refractivity contribution in [2.24, 2.45) is 0 Å². The Labute approximate surface area is 107 Å². The van der Waals surface area contributed by atoms with Crippen molar-refractivity contribution >= 4 is 12.1 Å². The molecule has 0 aromatic carbocycles. The third-order valence-electron chi connectivity index (χ3n) is 3.18. The van der Waals surface area contributed by atoms with Crippen molar-refractivity contribution in [3.05, 3.63) is 0 Å². The molecule has 6 heteroatoms. The number of carboxylic acid groups (broad SMARTS) is 1. The summed E-state index contributed by atoms with van der Waals surface area (Å²) in [5.74, 6) is -0.833. The monoisotopic (exact) mass is 258 g/mol. The van der Waals surface area contributed by atoms with Crippen LogP contribution in [0.4, 0.5) is 4.79 Å². The molecule has 1 atom stereocenters. The van der Waals surface area contributed by atoms with Crippen molar-refractivity contribution < 1.29 is 19.4 Å². The van der Waals surface area contributed by atoms with Gasteiger partial charge in [-0.15, -0.1) is 0 Å². The van der Waals surface area contributed by atoms with E-state index in [0.29, 0.717) is 18.7 Å². The highest BCUT2D eigenvalue weighted by Crippen LogP contribution is 2.23. The third-order valence-corrected chi connectivity index (χ3v) is 3.18. The van der Waals surface area contributed by atoms with E-state index < -0.39 is 5.97 Å². The second-order valence-corrected chi connectivity index (χ2v) is 4.55. The average Bonchev–Trinajstić information content (AvgIpc) is 2.71. The van der Waals surface area contributed by atoms with Crippen molar-refractivity contribution in [3.8, 4) is 0 Å². The molecule has 18 heavy (non-hydrogen) atoms. The highest BCUT2D eigenvalue weighted by molar-refractivity contribution is 5.70. The largest absolute Gasteiger partial charge is 0.481 e. The molecular weight excluding hydrogens is 236 g/mol. The summed E-state index contributed by atoms with van der Waals surface area (Å²) < 4.78 is 5.09. The summed E-state index contributed by atoms with van der Waals surface area (Å²) in [5.41, 5.74) is 0. The summed E-state index contributed by atoms with van der Waals surface area (Å²) in [6.07, 6.45) is 3.01. The van der Waals surface area contributed by atoms with Crippen LogP contribution in [0.5, 0.6) is 0 Å². The number of carboxylic acids is 1. The lowest BCUT2D eigenvalue weighted by Gasteiger charge is -2.33. The first-order chi connectivity index (χ1) is 8.56. The van der Waals surface area contributed by atoms with Crippen LogP contribution < -0.4 is 5.32 Å². The number of piperidine rings is 1. The Morgan fingerprint density at radius 1 is 1.50 bits per heavy atom. The number of amides is 1. The first-order valence-electron chi connectivity index (χ1n) is 6.41. The summed E-state index contributed by atoms with van der Waals surface area (Å²) in [7, 11) is 0. The number of carbonyl (C=O) groups excluding carboxylic acids is 1. The predicted octanol–water partition coefficient (Wildman–Crippen LogP) is 1.06. The Balaban J connectivity index is 0.000000357. The zero-order chi connectivity index (χ0) is 13.5. The van der Waals surface area contributed by atoms with Crippen molar-refractivity contribution in [1.29, 1.82) is 0 Å². The zero-order valence-electron chi connectivity index (χ0n) is 11.0. The number of aliphatic carboxylic acids is 1. The molecule has 2 fully saturated rings. The molecule has 0 saturated carbocycles. The highest BCUT2D eigenvalue weighted by atomic mass is 16.6. The van der Waals surface area contributed by atoms with Crippen LogP contribution in [0.1, 0.15) is 33.1 Å². The standard InChI is InChI=1S/C10H18N2O2.C2H4O2/c1-2-8-7-14-10(13)12(8)9-3-5-11-6-4-9;1-2(3)4/h8-9,11H,2-7H2,1H3;1H3,(H,3,4)/t8-;/m1./s1. The molecule has 2 heterocycles. The molecule has 0 spiro atoms. The minimum atomic E-state index is -0.833. The smallest absolute Gasteiger partial charge is 0.410 e. The molecule has 2 rings (SSSR count). The van der Waals surface area contributed by atoms with Gasteiger partial charge >= 0.3 is 6.09 Å². The van der Waals surface area contributed by atoms with Gasteiger partial charge in [0, 0.05) is 13.0 Å². The van der Waals surface area contributed by atoms with Crippen LogP contribution in [0.2, 0.25) is 0 Å². The fourth-order valence-corrected chi connectivity index (χ4v) is 2.32. The zero-order valence-corrected chi connectivity index (χ0v) is 11.0. The van der Waals surface area contributed by atoms with Crippen LogP contribution >= 0.6 is 0 Å². The molecule has 2 aliphatic heterocycles. The highest BCUT2D eigenvalue weighted by Gasteiger charge is 2.37. The first-order valence-corrected chi connectivity index (χ1v) is 6.41. The van der Waals surface area contributed by atoms with Gasteiger partial charge in [-0.1, -0.05) is 6.92 Å². The van der Waals surface area contributed by atoms with E-state index in [-0.39, 0.29) is 6.09 Å². The Morgan fingerprint density at radius 2 is 2.06 bits per heavy atom. The van der Waals surface area contributed by atoms with E-state index in [0.717, 1.165) is 39.3 Å². The van der Waals surface area contributed by atoms with Gasteiger partial charge in [0.15, 0.2) is 0 Å².